The van der Waals surface area contributed by atoms with Gasteiger partial charge in [-0.15, -0.1) is 0 Å². The number of primary amides is 2. The molecule has 2 aliphatic rings. The molecule has 1 aromatic rings. The molecule has 0 unspecified atom stereocenters. The van der Waals surface area contributed by atoms with Crippen LogP contribution in [-0.4, -0.2) is 310 Å². The van der Waals surface area contributed by atoms with Gasteiger partial charge < -0.3 is 150 Å². The average molecular weight is 1810 g/mol. The van der Waals surface area contributed by atoms with Crippen LogP contribution in [0.25, 0.3) is 0 Å². The Morgan fingerprint density at radius 1 is 0.438 bits per heavy atom. The van der Waals surface area contributed by atoms with Gasteiger partial charge >= 0.3 is 5.97 Å². The number of amides is 18. The molecular weight excluding hydrogens is 1680 g/mol. The molecule has 18 amide bonds. The van der Waals surface area contributed by atoms with Gasteiger partial charge in [0.25, 0.3) is 0 Å². The van der Waals surface area contributed by atoms with Crippen LogP contribution in [0.5, 0.6) is 0 Å². The maximum atomic E-state index is 14.5. The number of rotatable bonds is 58. The molecule has 716 valence electrons. The predicted molar refractivity (Wildman–Crippen MR) is 459 cm³/mol. The summed E-state index contributed by atoms with van der Waals surface area (Å²) in [7, 11) is 0. The molecule has 18 atom stereocenters. The zero-order valence-corrected chi connectivity index (χ0v) is 73.3. The molecule has 0 aromatic heterocycles. The highest BCUT2D eigenvalue weighted by Gasteiger charge is 2.43. The lowest BCUT2D eigenvalue weighted by atomic mass is 9.97. The summed E-state index contributed by atoms with van der Waals surface area (Å²) in [6.45, 7) is 7.10. The summed E-state index contributed by atoms with van der Waals surface area (Å²) in [5.74, 6) is -21.1. The van der Waals surface area contributed by atoms with Gasteiger partial charge in [-0.05, 0) is 122 Å². The van der Waals surface area contributed by atoms with Crippen molar-refractivity contribution in [3.63, 3.8) is 0 Å². The maximum absolute atomic E-state index is 14.5. The van der Waals surface area contributed by atoms with E-state index in [0.29, 0.717) is 37.8 Å². The number of benzene rings is 1. The van der Waals surface area contributed by atoms with Crippen molar-refractivity contribution in [3.8, 4) is 0 Å². The van der Waals surface area contributed by atoms with Crippen molar-refractivity contribution in [2.45, 2.75) is 261 Å². The fourth-order valence-electron chi connectivity index (χ4n) is 13.6. The number of hydrogen-bond donors (Lipinski definition) is 28. The molecule has 1 aromatic carbocycles. The lowest BCUT2D eigenvalue weighted by molar-refractivity contribution is -0.142. The third-order valence-electron chi connectivity index (χ3n) is 21.4. The van der Waals surface area contributed by atoms with Gasteiger partial charge in [0.2, 0.25) is 106 Å². The van der Waals surface area contributed by atoms with Gasteiger partial charge in [-0.25, -0.2) is 0 Å². The van der Waals surface area contributed by atoms with E-state index in [-0.39, 0.29) is 90.4 Å². The number of aliphatic hydroxyl groups excluding tert-OH is 3. The number of unbranched alkanes of at least 4 members (excludes halogenated alkanes) is 1. The van der Waals surface area contributed by atoms with E-state index in [1.807, 2.05) is 0 Å². The van der Waals surface area contributed by atoms with E-state index in [2.05, 4.69) is 85.1 Å². The summed E-state index contributed by atoms with van der Waals surface area (Å²) >= 11 is 0. The number of carbonyl (C=O) groups is 19. The highest BCUT2D eigenvalue weighted by atomic mass is 16.4. The molecule has 0 radical (unpaired) electrons. The first-order valence-corrected chi connectivity index (χ1v) is 42.6. The second-order valence-corrected chi connectivity index (χ2v) is 31.5. The zero-order valence-electron chi connectivity index (χ0n) is 73.3. The highest BCUT2D eigenvalue weighted by molar-refractivity contribution is 6.01. The normalized spacial score (nSPS) is 17.2. The minimum Gasteiger partial charge on any atom is -0.480 e. The van der Waals surface area contributed by atoms with Crippen molar-refractivity contribution < 1.29 is 112 Å². The van der Waals surface area contributed by atoms with Gasteiger partial charge in [-0.2, -0.15) is 0 Å². The summed E-state index contributed by atoms with van der Waals surface area (Å²) < 4.78 is 0. The van der Waals surface area contributed by atoms with E-state index in [1.165, 1.54) is 30.6 Å². The topological polar surface area (TPSA) is 808 Å². The third-order valence-corrected chi connectivity index (χ3v) is 21.4. The predicted octanol–water partition coefficient (Wildman–Crippen LogP) is -10.6. The van der Waals surface area contributed by atoms with Gasteiger partial charge in [0.1, 0.15) is 91.1 Å². The Morgan fingerprint density at radius 3 is 1.30 bits per heavy atom. The fraction of sp³-hybridized carbons (Fsp3) is 0.658. The van der Waals surface area contributed by atoms with Crippen LogP contribution in [0.15, 0.2) is 30.3 Å². The molecule has 0 saturated carbocycles. The van der Waals surface area contributed by atoms with Crippen LogP contribution < -0.4 is 119 Å². The van der Waals surface area contributed by atoms with Crippen LogP contribution in [0.4, 0.5) is 0 Å². The first kappa shape index (κ1) is 110. The molecule has 3 rings (SSSR count). The molecule has 2 aliphatic heterocycles. The monoisotopic (exact) mass is 1810 g/mol. The van der Waals surface area contributed by atoms with Gasteiger partial charge in [-0.1, -0.05) is 77.3 Å². The zero-order chi connectivity index (χ0) is 96.2. The van der Waals surface area contributed by atoms with Crippen molar-refractivity contribution in [3.05, 3.63) is 35.9 Å². The Balaban J connectivity index is 1.85. The SMILES string of the molecule is CC[C@H](C)[C@H](NC(=O)[C@H](C)NC(=O)[C@H](CCCNC(=N)N)NC(=O)[C@H](CCC(N)=O)NC(=O)[C@H](CCC(N)=O)NC(=O)[C@@H](NC(=O)[C@H](CO)NC(=O)[C@H](CO)NC(=O)[C@@H]1CCCN1C(=O)[C@@H](N)CCCCN)[C@@H](C)CC)C(=O)N[C@@H](C)C(=O)N1CCC[C@H]1C(=O)N[C@@H](Cc1ccccc1)C(=O)N[C@H](C(=O)N[C@@H](CCCNC(=N)N)C(=O)NCC(=O)NCC(=O)O)[C@@H](C)O. The standard InChI is InChI=1S/C79H132N26O23/c1-8-40(3)60(73(124)93-43(6)76(127)104-33-17-24-54(104)71(122)98-51(35-45-19-11-10-12-20-45)68(119)103-62(44(7)108)75(126)96-47(22-15-31-88-78(84)85)64(115)91-36-58(111)90-37-59(112)113)101-63(114)42(5)92-65(116)48(23-16-32-89-79(86)87)94-66(117)49(26-28-56(82)109)95-67(118)50(27-29-57(83)110)97-74(125)61(41(4)9-2)102-70(121)53(39-107)99-69(120)52(38-106)100-72(123)55-25-18-34-105(55)77(128)46(81)21-13-14-30-80/h10-12,19-20,40-44,46-55,60-62,106-108H,8-9,13-18,21-39,80-81H2,1-7H3,(H2,82,109)(H2,83,110)(H,90,111)(H,91,115)(H,92,116)(H,93,124)(H,94,117)(H,95,118)(H,96,126)(H,97,125)(H,98,122)(H,99,120)(H,100,123)(H,101,114)(H,102,121)(H,103,119)(H,112,113)(H4,84,85,88)(H4,86,87,89)/t40-,41-,42-,43-,44+,46-,47-,48-,49-,50-,51-,52-,53-,54-,55-,60-,61-,62-/m0/s1. The van der Waals surface area contributed by atoms with Gasteiger partial charge in [0.15, 0.2) is 11.9 Å². The van der Waals surface area contributed by atoms with Gasteiger partial charge in [0, 0.05) is 45.4 Å². The average Bonchev–Trinajstić information content (AvgIpc) is 1.71. The number of nitrogens with two attached hydrogens (primary N) is 6. The molecule has 128 heavy (non-hydrogen) atoms. The second kappa shape index (κ2) is 56.5. The summed E-state index contributed by atoms with van der Waals surface area (Å²) in [6, 6.07) is -14.4. The number of nitrogens with zero attached hydrogens (tertiary/aromatic N) is 2. The minimum absolute atomic E-state index is 0.0174. The van der Waals surface area contributed by atoms with Crippen LogP contribution in [0, 0.1) is 22.7 Å². The fourth-order valence-corrected chi connectivity index (χ4v) is 13.6. The van der Waals surface area contributed by atoms with E-state index in [0.717, 1.165) is 6.92 Å². The summed E-state index contributed by atoms with van der Waals surface area (Å²) in [4.78, 5) is 262. The van der Waals surface area contributed by atoms with Crippen LogP contribution in [0.3, 0.4) is 0 Å². The number of carboxylic acids is 1. The molecule has 2 saturated heterocycles. The lowest BCUT2D eigenvalue weighted by Gasteiger charge is -2.31. The molecule has 2 fully saturated rings. The van der Waals surface area contributed by atoms with Gasteiger partial charge in [-0.3, -0.25) is 102 Å². The van der Waals surface area contributed by atoms with Crippen LogP contribution in [0.1, 0.15) is 163 Å². The van der Waals surface area contributed by atoms with Crippen LogP contribution >= 0.6 is 0 Å². The first-order chi connectivity index (χ1) is 60.4. The summed E-state index contributed by atoms with van der Waals surface area (Å²) in [5, 5.41) is 94.6. The molecule has 0 bridgehead atoms. The number of carbonyl (C=O) groups excluding carboxylic acids is 18. The number of nitrogens with one attached hydrogen (secondary N) is 18. The van der Waals surface area contributed by atoms with Crippen molar-refractivity contribution in [2.75, 3.05) is 59.0 Å². The Hall–Kier alpha value is -12.5. The third kappa shape index (κ3) is 38.0. The molecule has 49 heteroatoms. The number of likely N-dealkylation sites (tertiary alicyclic amines) is 2. The lowest BCUT2D eigenvalue weighted by Crippen LogP contribution is -2.62. The van der Waals surface area contributed by atoms with Gasteiger partial charge in [0.05, 0.1) is 31.9 Å². The van der Waals surface area contributed by atoms with Crippen LogP contribution in [-0.2, 0) is 97.5 Å². The maximum Gasteiger partial charge on any atom is 0.322 e. The molecular formula is C79H132N26O23. The van der Waals surface area contributed by atoms with Crippen molar-refractivity contribution in [1.82, 2.24) is 94.9 Å². The van der Waals surface area contributed by atoms with Crippen molar-refractivity contribution >= 4 is 124 Å². The molecule has 34 N–H and O–H groups in total. The largest absolute Gasteiger partial charge is 0.480 e. The second-order valence-electron chi connectivity index (χ2n) is 31.5. The van der Waals surface area contributed by atoms with E-state index in [4.69, 9.17) is 50.3 Å². The molecule has 0 aliphatic carbocycles. The minimum atomic E-state index is -1.85. The Labute approximate surface area is 740 Å². The number of hydrogen-bond acceptors (Lipinski definition) is 26. The van der Waals surface area contributed by atoms with E-state index in [9.17, 15) is 106 Å². The highest BCUT2D eigenvalue weighted by Crippen LogP contribution is 2.23. The smallest absolute Gasteiger partial charge is 0.322 e. The van der Waals surface area contributed by atoms with Crippen LogP contribution in [0.2, 0.25) is 0 Å². The van der Waals surface area contributed by atoms with E-state index < -0.39 is 285 Å². The summed E-state index contributed by atoms with van der Waals surface area (Å²) in [6.07, 6.45) is -1.68. The van der Waals surface area contributed by atoms with Crippen molar-refractivity contribution in [2.24, 2.45) is 46.2 Å². The number of guanidine groups is 2. The Bertz CT molecular complexity index is 4000. The summed E-state index contributed by atoms with van der Waals surface area (Å²) in [5.41, 5.74) is 34.1. The Morgan fingerprint density at radius 2 is 0.836 bits per heavy atom. The van der Waals surface area contributed by atoms with Crippen molar-refractivity contribution in [1.29, 1.82) is 10.8 Å². The first-order valence-electron chi connectivity index (χ1n) is 42.6. The number of carboxylic acid groups (broad SMARTS) is 1. The quantitative estimate of drug-likeness (QED) is 0.0164. The molecule has 2 heterocycles. The van der Waals surface area contributed by atoms with E-state index in [1.54, 1.807) is 51.1 Å². The Kier molecular flexibility index (Phi) is 48.4. The number of aliphatic carboxylic acids is 1. The molecule has 49 nitrogen and oxygen atoms in total. The molecule has 0 spiro atoms. The number of aliphatic hydroxyl groups is 3. The van der Waals surface area contributed by atoms with E-state index >= 15 is 0 Å².